The molecule has 1 spiro atoms. The Morgan fingerprint density at radius 3 is 2.87 bits per heavy atom. The third-order valence-corrected chi connectivity index (χ3v) is 6.94. The van der Waals surface area contributed by atoms with E-state index >= 15 is 0 Å². The quantitative estimate of drug-likeness (QED) is 0.505. The standard InChI is InChI=1S/C18H22N6O4S2/c1-10-3-5-18(6-4-10)15(26)24(16(27)20-18)23-13(25)9-30-17-22-21-14(28-17)7-12-8-29-11(2)19-12/h8,10H,3-7,9H2,1-2H3,(H,20,27)(H,23,25). The summed E-state index contributed by atoms with van der Waals surface area (Å²) in [4.78, 5) is 41.6. The second-order valence-corrected chi connectivity index (χ2v) is 9.64. The number of thioether (sulfide) groups is 1. The van der Waals surface area contributed by atoms with Gasteiger partial charge in [0.1, 0.15) is 5.54 Å². The molecule has 0 bridgehead atoms. The van der Waals surface area contributed by atoms with Gasteiger partial charge in [-0.05, 0) is 38.5 Å². The Bertz CT molecular complexity index is 966. The molecule has 0 atom stereocenters. The van der Waals surface area contributed by atoms with Gasteiger partial charge in [-0.25, -0.2) is 9.78 Å². The van der Waals surface area contributed by atoms with Crippen molar-refractivity contribution in [3.63, 3.8) is 0 Å². The Morgan fingerprint density at radius 1 is 1.40 bits per heavy atom. The number of hydrogen-bond acceptors (Lipinski definition) is 9. The molecule has 2 aromatic heterocycles. The number of carbonyl (C=O) groups excluding carboxylic acids is 3. The van der Waals surface area contributed by atoms with E-state index in [0.29, 0.717) is 31.1 Å². The van der Waals surface area contributed by atoms with Crippen LogP contribution in [0.5, 0.6) is 0 Å². The number of aromatic nitrogens is 3. The summed E-state index contributed by atoms with van der Waals surface area (Å²) in [7, 11) is 0. The van der Waals surface area contributed by atoms with Crippen molar-refractivity contribution in [1.82, 2.24) is 30.9 Å². The van der Waals surface area contributed by atoms with Gasteiger partial charge in [-0.1, -0.05) is 18.7 Å². The second-order valence-electron chi connectivity index (χ2n) is 7.66. The molecule has 10 nitrogen and oxygen atoms in total. The lowest BCUT2D eigenvalue weighted by molar-refractivity contribution is -0.139. The number of urea groups is 1. The maximum atomic E-state index is 12.8. The number of amides is 4. The highest BCUT2D eigenvalue weighted by atomic mass is 32.2. The fourth-order valence-corrected chi connectivity index (χ4v) is 4.80. The van der Waals surface area contributed by atoms with Gasteiger partial charge in [0.15, 0.2) is 0 Å². The van der Waals surface area contributed by atoms with E-state index < -0.39 is 23.4 Å². The van der Waals surface area contributed by atoms with Crippen molar-refractivity contribution in [2.45, 2.75) is 56.7 Å². The lowest BCUT2D eigenvalue weighted by Crippen LogP contribution is -2.51. The number of hydrazine groups is 1. The van der Waals surface area contributed by atoms with E-state index in [1.54, 1.807) is 11.3 Å². The van der Waals surface area contributed by atoms with Crippen molar-refractivity contribution in [3.8, 4) is 0 Å². The molecule has 4 rings (SSSR count). The van der Waals surface area contributed by atoms with Crippen molar-refractivity contribution in [3.05, 3.63) is 22.0 Å². The molecule has 30 heavy (non-hydrogen) atoms. The summed E-state index contributed by atoms with van der Waals surface area (Å²) in [5.41, 5.74) is 2.35. The van der Waals surface area contributed by atoms with Crippen molar-refractivity contribution in [2.24, 2.45) is 5.92 Å². The fraction of sp³-hybridized carbons (Fsp3) is 0.556. The van der Waals surface area contributed by atoms with Crippen LogP contribution in [0.2, 0.25) is 0 Å². The number of hydrogen-bond donors (Lipinski definition) is 2. The van der Waals surface area contributed by atoms with E-state index in [4.69, 9.17) is 4.42 Å². The highest BCUT2D eigenvalue weighted by Gasteiger charge is 2.52. The van der Waals surface area contributed by atoms with Crippen molar-refractivity contribution >= 4 is 40.9 Å². The SMILES string of the molecule is Cc1nc(Cc2nnc(SCC(=O)NN3C(=O)NC4(CCC(C)CC4)C3=O)o2)cs1. The first-order chi connectivity index (χ1) is 14.3. The summed E-state index contributed by atoms with van der Waals surface area (Å²) in [5.74, 6) is -0.0283. The molecule has 2 aromatic rings. The Morgan fingerprint density at radius 2 is 2.17 bits per heavy atom. The van der Waals surface area contributed by atoms with Crippen molar-refractivity contribution < 1.29 is 18.8 Å². The van der Waals surface area contributed by atoms with E-state index in [0.717, 1.165) is 40.3 Å². The lowest BCUT2D eigenvalue weighted by Gasteiger charge is -2.33. The first-order valence-electron chi connectivity index (χ1n) is 9.67. The Balaban J connectivity index is 1.29. The predicted molar refractivity (Wildman–Crippen MR) is 109 cm³/mol. The van der Waals surface area contributed by atoms with Crippen LogP contribution in [0.4, 0.5) is 4.79 Å². The number of carbonyl (C=O) groups is 3. The number of imide groups is 1. The average Bonchev–Trinajstić information content (AvgIpc) is 3.39. The number of thiazole rings is 1. The largest absolute Gasteiger partial charge is 0.416 e. The molecule has 12 heteroatoms. The Kier molecular flexibility index (Phi) is 5.78. The Labute approximate surface area is 181 Å². The molecule has 1 aliphatic heterocycles. The second kappa shape index (κ2) is 8.34. The first-order valence-corrected chi connectivity index (χ1v) is 11.5. The number of aryl methyl sites for hydroxylation is 1. The van der Waals surface area contributed by atoms with Gasteiger partial charge in [-0.2, -0.15) is 5.01 Å². The van der Waals surface area contributed by atoms with Gasteiger partial charge >= 0.3 is 6.03 Å². The zero-order valence-corrected chi connectivity index (χ0v) is 18.3. The summed E-state index contributed by atoms with van der Waals surface area (Å²) >= 11 is 2.58. The van der Waals surface area contributed by atoms with Gasteiger partial charge < -0.3 is 9.73 Å². The van der Waals surface area contributed by atoms with Crippen LogP contribution in [0.1, 0.15) is 49.2 Å². The highest BCUT2D eigenvalue weighted by Crippen LogP contribution is 2.35. The van der Waals surface area contributed by atoms with E-state index in [2.05, 4.69) is 32.8 Å². The summed E-state index contributed by atoms with van der Waals surface area (Å²) < 4.78 is 5.53. The molecule has 1 saturated carbocycles. The molecular weight excluding hydrogens is 428 g/mol. The smallest absolute Gasteiger partial charge is 0.344 e. The van der Waals surface area contributed by atoms with Gasteiger partial charge in [-0.3, -0.25) is 15.0 Å². The highest BCUT2D eigenvalue weighted by molar-refractivity contribution is 7.99. The van der Waals surface area contributed by atoms with Crippen LogP contribution >= 0.6 is 23.1 Å². The normalized spacial score (nSPS) is 23.8. The van der Waals surface area contributed by atoms with Crippen molar-refractivity contribution in [2.75, 3.05) is 5.75 Å². The van der Waals surface area contributed by atoms with E-state index in [9.17, 15) is 14.4 Å². The van der Waals surface area contributed by atoms with Crippen LogP contribution in [-0.4, -0.2) is 49.3 Å². The van der Waals surface area contributed by atoms with Crippen LogP contribution in [0.3, 0.4) is 0 Å². The fourth-order valence-electron chi connectivity index (χ4n) is 3.61. The molecular formula is C18H22N6O4S2. The zero-order chi connectivity index (χ0) is 21.3. The third-order valence-electron chi connectivity index (χ3n) is 5.30. The van der Waals surface area contributed by atoms with Crippen LogP contribution in [-0.2, 0) is 16.0 Å². The minimum absolute atomic E-state index is 0.0709. The van der Waals surface area contributed by atoms with Gasteiger partial charge in [0.25, 0.3) is 11.1 Å². The monoisotopic (exact) mass is 450 g/mol. The molecule has 1 aliphatic carbocycles. The first kappa shape index (κ1) is 20.8. The lowest BCUT2D eigenvalue weighted by atomic mass is 9.77. The molecule has 2 N–H and O–H groups in total. The van der Waals surface area contributed by atoms with Gasteiger partial charge in [-0.15, -0.1) is 21.5 Å². The topological polar surface area (TPSA) is 130 Å². The van der Waals surface area contributed by atoms with Gasteiger partial charge in [0.05, 0.1) is 22.9 Å². The third kappa shape index (κ3) is 4.33. The van der Waals surface area contributed by atoms with Crippen LogP contribution in [0.15, 0.2) is 15.0 Å². The molecule has 160 valence electrons. The van der Waals surface area contributed by atoms with Crippen molar-refractivity contribution in [1.29, 1.82) is 0 Å². The summed E-state index contributed by atoms with van der Waals surface area (Å²) in [6, 6.07) is -0.591. The summed E-state index contributed by atoms with van der Waals surface area (Å²) in [6.07, 6.45) is 3.33. The molecule has 1 saturated heterocycles. The number of nitrogens with one attached hydrogen (secondary N) is 2. The molecule has 2 fully saturated rings. The van der Waals surface area contributed by atoms with Crippen LogP contribution < -0.4 is 10.7 Å². The molecule has 0 unspecified atom stereocenters. The Hall–Kier alpha value is -2.47. The molecule has 3 heterocycles. The maximum Gasteiger partial charge on any atom is 0.344 e. The van der Waals surface area contributed by atoms with Crippen LogP contribution in [0.25, 0.3) is 0 Å². The zero-order valence-electron chi connectivity index (χ0n) is 16.6. The van der Waals surface area contributed by atoms with E-state index in [-0.39, 0.29) is 11.0 Å². The minimum Gasteiger partial charge on any atom is -0.416 e. The average molecular weight is 451 g/mol. The van der Waals surface area contributed by atoms with Crippen LogP contribution in [0, 0.1) is 12.8 Å². The van der Waals surface area contributed by atoms with E-state index in [1.807, 2.05) is 12.3 Å². The molecule has 2 aliphatic rings. The summed E-state index contributed by atoms with van der Waals surface area (Å²) in [5, 5.41) is 14.6. The number of rotatable bonds is 6. The predicted octanol–water partition coefficient (Wildman–Crippen LogP) is 2.05. The maximum absolute atomic E-state index is 12.8. The van der Waals surface area contributed by atoms with E-state index in [1.165, 1.54) is 0 Å². The molecule has 0 aromatic carbocycles. The molecule has 0 radical (unpaired) electrons. The number of nitrogens with zero attached hydrogens (tertiary/aromatic N) is 4. The molecule has 4 amide bonds. The van der Waals surface area contributed by atoms with Gasteiger partial charge in [0.2, 0.25) is 11.8 Å². The minimum atomic E-state index is -0.889. The summed E-state index contributed by atoms with van der Waals surface area (Å²) in [6.45, 7) is 4.05. The van der Waals surface area contributed by atoms with Gasteiger partial charge in [0, 0.05) is 5.38 Å².